The van der Waals surface area contributed by atoms with Crippen LogP contribution in [0.15, 0.2) is 23.4 Å². The third-order valence-corrected chi connectivity index (χ3v) is 5.10. The molecule has 1 saturated heterocycles. The second-order valence-corrected chi connectivity index (χ2v) is 10.6. The number of guanidine groups is 1. The molecule has 0 atom stereocenters. The SMILES string of the molecule is CC(C)(C)ON=C(N)N(Cc1ccc(C(=O)ON2C(=O)CCC2=O)cc1I)C(=O)OC(C)(C)C. The summed E-state index contributed by atoms with van der Waals surface area (Å²) in [6.45, 7) is 10.5. The molecule has 0 aliphatic carbocycles. The van der Waals surface area contributed by atoms with Gasteiger partial charge in [-0.3, -0.25) is 9.59 Å². The molecule has 186 valence electrons. The van der Waals surface area contributed by atoms with Crippen molar-refractivity contribution < 1.29 is 33.6 Å². The van der Waals surface area contributed by atoms with Crippen molar-refractivity contribution in [2.45, 2.75) is 72.1 Å². The van der Waals surface area contributed by atoms with E-state index >= 15 is 0 Å². The fraction of sp³-hybridized carbons (Fsp3) is 0.500. The Labute approximate surface area is 211 Å². The first-order chi connectivity index (χ1) is 15.6. The molecule has 0 spiro atoms. The number of rotatable bonds is 5. The van der Waals surface area contributed by atoms with Gasteiger partial charge in [-0.2, -0.15) is 0 Å². The lowest BCUT2D eigenvalue weighted by atomic mass is 10.1. The van der Waals surface area contributed by atoms with E-state index in [1.54, 1.807) is 47.6 Å². The molecule has 0 aromatic heterocycles. The average molecular weight is 588 g/mol. The van der Waals surface area contributed by atoms with Gasteiger partial charge in [0, 0.05) is 16.4 Å². The van der Waals surface area contributed by atoms with E-state index in [2.05, 4.69) is 5.16 Å². The molecule has 12 heteroatoms. The normalized spacial score (nSPS) is 14.8. The molecule has 3 amide bonds. The zero-order valence-electron chi connectivity index (χ0n) is 20.0. The van der Waals surface area contributed by atoms with Gasteiger partial charge in [-0.05, 0) is 87.0 Å². The van der Waals surface area contributed by atoms with Crippen molar-refractivity contribution in [1.82, 2.24) is 9.96 Å². The van der Waals surface area contributed by atoms with Crippen molar-refractivity contribution in [3.63, 3.8) is 0 Å². The molecule has 0 saturated carbocycles. The van der Waals surface area contributed by atoms with E-state index in [0.29, 0.717) is 14.2 Å². The zero-order chi connectivity index (χ0) is 25.8. The van der Waals surface area contributed by atoms with E-state index in [1.165, 1.54) is 12.1 Å². The molecule has 2 N–H and O–H groups in total. The molecule has 0 radical (unpaired) electrons. The lowest BCUT2D eigenvalue weighted by molar-refractivity contribution is -0.172. The first-order valence-corrected chi connectivity index (χ1v) is 11.5. The average Bonchev–Trinajstić information content (AvgIpc) is 3.01. The number of amides is 3. The largest absolute Gasteiger partial charge is 0.443 e. The number of hydrogen-bond donors (Lipinski definition) is 1. The van der Waals surface area contributed by atoms with Gasteiger partial charge in [-0.25, -0.2) is 14.5 Å². The lowest BCUT2D eigenvalue weighted by Crippen LogP contribution is -2.44. The summed E-state index contributed by atoms with van der Waals surface area (Å²) in [6, 6.07) is 4.56. The highest BCUT2D eigenvalue weighted by molar-refractivity contribution is 14.1. The van der Waals surface area contributed by atoms with Crippen LogP contribution in [-0.2, 0) is 30.5 Å². The summed E-state index contributed by atoms with van der Waals surface area (Å²) >= 11 is 1.99. The van der Waals surface area contributed by atoms with Gasteiger partial charge in [-0.1, -0.05) is 6.07 Å². The van der Waals surface area contributed by atoms with E-state index in [1.807, 2.05) is 22.6 Å². The molecule has 1 aliphatic heterocycles. The standard InChI is InChI=1S/C22H29IN4O7/c1-21(2,3)32-20(31)26(19(24)25-34-22(4,5)6)12-14-8-7-13(11-15(14)23)18(30)33-27-16(28)9-10-17(27)29/h7-8,11H,9-10,12H2,1-6H3,(H2,24,25). The van der Waals surface area contributed by atoms with Crippen molar-refractivity contribution in [2.75, 3.05) is 0 Å². The fourth-order valence-corrected chi connectivity index (χ4v) is 3.24. The van der Waals surface area contributed by atoms with Crippen LogP contribution in [0.4, 0.5) is 4.79 Å². The molecule has 34 heavy (non-hydrogen) atoms. The summed E-state index contributed by atoms with van der Waals surface area (Å²) in [5.41, 5.74) is 5.40. The Kier molecular flexibility index (Phi) is 8.50. The molecule has 1 aliphatic rings. The van der Waals surface area contributed by atoms with Crippen LogP contribution in [0.25, 0.3) is 0 Å². The number of halogens is 1. The Morgan fingerprint density at radius 1 is 1.09 bits per heavy atom. The van der Waals surface area contributed by atoms with Crippen molar-refractivity contribution in [3.8, 4) is 0 Å². The second-order valence-electron chi connectivity index (χ2n) is 9.49. The highest BCUT2D eigenvalue weighted by Crippen LogP contribution is 2.21. The highest BCUT2D eigenvalue weighted by Gasteiger charge is 2.33. The van der Waals surface area contributed by atoms with Gasteiger partial charge in [0.05, 0.1) is 12.1 Å². The van der Waals surface area contributed by atoms with Crippen LogP contribution in [0.3, 0.4) is 0 Å². The maximum absolute atomic E-state index is 12.8. The highest BCUT2D eigenvalue weighted by atomic mass is 127. The van der Waals surface area contributed by atoms with Gasteiger partial charge in [0.25, 0.3) is 11.8 Å². The molecule has 1 fully saturated rings. The minimum Gasteiger partial charge on any atom is -0.443 e. The molecule has 1 heterocycles. The Bertz CT molecular complexity index is 995. The first kappa shape index (κ1) is 27.3. The third-order valence-electron chi connectivity index (χ3n) is 4.10. The number of carbonyl (C=O) groups is 4. The van der Waals surface area contributed by atoms with Crippen LogP contribution in [0, 0.1) is 3.57 Å². The van der Waals surface area contributed by atoms with Crippen LogP contribution < -0.4 is 5.73 Å². The molecule has 0 bridgehead atoms. The minimum atomic E-state index is -0.850. The number of oxime groups is 1. The van der Waals surface area contributed by atoms with Crippen LogP contribution in [-0.4, -0.2) is 51.0 Å². The third kappa shape index (κ3) is 7.85. The summed E-state index contributed by atoms with van der Waals surface area (Å²) in [5, 5.41) is 4.35. The topological polar surface area (TPSA) is 141 Å². The summed E-state index contributed by atoms with van der Waals surface area (Å²) in [6.07, 6.45) is -0.715. The smallest absolute Gasteiger partial charge is 0.417 e. The fourth-order valence-electron chi connectivity index (χ4n) is 2.56. The summed E-state index contributed by atoms with van der Waals surface area (Å²) in [7, 11) is 0. The predicted molar refractivity (Wildman–Crippen MR) is 130 cm³/mol. The summed E-state index contributed by atoms with van der Waals surface area (Å²) in [4.78, 5) is 60.0. The maximum atomic E-state index is 12.8. The molecule has 1 aromatic carbocycles. The Morgan fingerprint density at radius 2 is 1.68 bits per heavy atom. The summed E-state index contributed by atoms with van der Waals surface area (Å²) < 4.78 is 6.05. The van der Waals surface area contributed by atoms with E-state index in [-0.39, 0.29) is 30.9 Å². The van der Waals surface area contributed by atoms with Crippen molar-refractivity contribution in [3.05, 3.63) is 32.9 Å². The van der Waals surface area contributed by atoms with Crippen molar-refractivity contribution in [2.24, 2.45) is 10.9 Å². The van der Waals surface area contributed by atoms with Gasteiger partial charge in [0.15, 0.2) is 0 Å². The molecular formula is C22H29IN4O7. The number of benzene rings is 1. The van der Waals surface area contributed by atoms with Gasteiger partial charge < -0.3 is 20.1 Å². The van der Waals surface area contributed by atoms with Crippen molar-refractivity contribution in [1.29, 1.82) is 0 Å². The quantitative estimate of drug-likeness (QED) is 0.182. The van der Waals surface area contributed by atoms with Gasteiger partial charge in [0.2, 0.25) is 5.96 Å². The van der Waals surface area contributed by atoms with E-state index in [0.717, 1.165) is 4.90 Å². The predicted octanol–water partition coefficient (Wildman–Crippen LogP) is 3.29. The van der Waals surface area contributed by atoms with E-state index in [9.17, 15) is 19.2 Å². The number of hydroxylamine groups is 2. The van der Waals surface area contributed by atoms with Crippen LogP contribution in [0.2, 0.25) is 0 Å². The Morgan fingerprint density at radius 3 is 2.18 bits per heavy atom. The lowest BCUT2D eigenvalue weighted by Gasteiger charge is -2.27. The molecule has 0 unspecified atom stereocenters. The maximum Gasteiger partial charge on any atom is 0.417 e. The van der Waals surface area contributed by atoms with Gasteiger partial charge >= 0.3 is 12.1 Å². The number of nitrogens with zero attached hydrogens (tertiary/aromatic N) is 3. The van der Waals surface area contributed by atoms with Crippen LogP contribution >= 0.6 is 22.6 Å². The Balaban J connectivity index is 2.25. The minimum absolute atomic E-state index is 0.00495. The number of imide groups is 1. The number of nitrogens with two attached hydrogens (primary N) is 1. The summed E-state index contributed by atoms with van der Waals surface area (Å²) in [5.74, 6) is -2.18. The second kappa shape index (κ2) is 10.6. The van der Waals surface area contributed by atoms with Crippen LogP contribution in [0.5, 0.6) is 0 Å². The molecular weight excluding hydrogens is 559 g/mol. The van der Waals surface area contributed by atoms with E-state index in [4.69, 9.17) is 20.1 Å². The monoisotopic (exact) mass is 588 g/mol. The number of hydrogen-bond acceptors (Lipinski definition) is 8. The Hall–Kier alpha value is -2.90. The van der Waals surface area contributed by atoms with Crippen LogP contribution in [0.1, 0.15) is 70.3 Å². The molecule has 11 nitrogen and oxygen atoms in total. The molecule has 2 rings (SSSR count). The van der Waals surface area contributed by atoms with Gasteiger partial charge in [0.1, 0.15) is 11.2 Å². The first-order valence-electron chi connectivity index (χ1n) is 10.5. The zero-order valence-corrected chi connectivity index (χ0v) is 22.2. The van der Waals surface area contributed by atoms with E-state index < -0.39 is 35.1 Å². The molecule has 1 aromatic rings. The van der Waals surface area contributed by atoms with Gasteiger partial charge in [-0.15, -0.1) is 5.06 Å². The number of ether oxygens (including phenoxy) is 1. The van der Waals surface area contributed by atoms with Crippen molar-refractivity contribution >= 4 is 52.4 Å². The number of carbonyl (C=O) groups excluding carboxylic acids is 4.